The monoisotopic (exact) mass is 421 g/mol. The van der Waals surface area contributed by atoms with Crippen molar-refractivity contribution in [2.75, 3.05) is 5.32 Å². The van der Waals surface area contributed by atoms with E-state index < -0.39 is 11.7 Å². The molecule has 5 rings (SSSR count). The van der Waals surface area contributed by atoms with Crippen molar-refractivity contribution in [3.05, 3.63) is 46.4 Å². The summed E-state index contributed by atoms with van der Waals surface area (Å²) in [6, 6.07) is 3.62. The number of nitrogens with zero attached hydrogens (tertiary/aromatic N) is 4. The summed E-state index contributed by atoms with van der Waals surface area (Å²) in [5.41, 5.74) is 0.775. The van der Waals surface area contributed by atoms with Crippen LogP contribution in [0.4, 0.5) is 24.8 Å². The summed E-state index contributed by atoms with van der Waals surface area (Å²) in [4.78, 5) is 8.88. The minimum Gasteiger partial charge on any atom is -0.323 e. The fourth-order valence-corrected chi connectivity index (χ4v) is 4.27. The fourth-order valence-electron chi connectivity index (χ4n) is 4.10. The van der Waals surface area contributed by atoms with E-state index in [1.54, 1.807) is 6.92 Å². The first-order valence-corrected chi connectivity index (χ1v) is 10.0. The molecule has 29 heavy (non-hydrogen) atoms. The number of fused-ring (bicyclic) bond motifs is 1. The van der Waals surface area contributed by atoms with Gasteiger partial charge in [-0.05, 0) is 68.6 Å². The molecule has 9 heteroatoms. The highest BCUT2D eigenvalue weighted by molar-refractivity contribution is 6.30. The molecule has 2 aliphatic rings. The van der Waals surface area contributed by atoms with Gasteiger partial charge in [-0.1, -0.05) is 11.6 Å². The number of rotatable bonds is 5. The zero-order valence-electron chi connectivity index (χ0n) is 15.7. The van der Waals surface area contributed by atoms with Crippen LogP contribution in [0, 0.1) is 18.8 Å². The van der Waals surface area contributed by atoms with Gasteiger partial charge in [0.1, 0.15) is 5.82 Å². The molecule has 0 saturated heterocycles. The molecule has 2 aromatic heterocycles. The van der Waals surface area contributed by atoms with Gasteiger partial charge in [0.2, 0.25) is 5.95 Å². The second kappa shape index (κ2) is 6.58. The van der Waals surface area contributed by atoms with E-state index in [4.69, 9.17) is 11.6 Å². The Bertz CT molecular complexity index is 1070. The highest BCUT2D eigenvalue weighted by atomic mass is 35.5. The van der Waals surface area contributed by atoms with E-state index in [9.17, 15) is 13.2 Å². The fraction of sp³-hybridized carbons (Fsp3) is 0.450. The number of anilines is 2. The second-order valence-corrected chi connectivity index (χ2v) is 8.38. The maximum absolute atomic E-state index is 13.5. The van der Waals surface area contributed by atoms with E-state index in [1.807, 2.05) is 6.20 Å². The first kappa shape index (κ1) is 18.7. The van der Waals surface area contributed by atoms with Gasteiger partial charge in [-0.3, -0.25) is 0 Å². The number of hydrogen-bond donors (Lipinski definition) is 1. The van der Waals surface area contributed by atoms with E-state index in [2.05, 4.69) is 20.4 Å². The van der Waals surface area contributed by atoms with Crippen LogP contribution in [0.5, 0.6) is 0 Å². The van der Waals surface area contributed by atoms with Crippen LogP contribution in [-0.2, 0) is 6.18 Å². The van der Waals surface area contributed by atoms with E-state index in [1.165, 1.54) is 42.3 Å². The molecule has 0 amide bonds. The van der Waals surface area contributed by atoms with Gasteiger partial charge in [-0.25, -0.2) is 4.98 Å². The van der Waals surface area contributed by atoms with Crippen LogP contribution in [-0.4, -0.2) is 19.6 Å². The predicted octanol–water partition coefficient (Wildman–Crippen LogP) is 5.75. The maximum Gasteiger partial charge on any atom is 0.418 e. The normalized spacial score (nSPS) is 17.3. The Labute approximate surface area is 170 Å². The molecule has 1 N–H and O–H groups in total. The summed E-state index contributed by atoms with van der Waals surface area (Å²) in [7, 11) is 0. The van der Waals surface area contributed by atoms with Gasteiger partial charge < -0.3 is 5.32 Å². The lowest BCUT2D eigenvalue weighted by atomic mass is 9.91. The molecule has 2 aliphatic carbocycles. The van der Waals surface area contributed by atoms with Crippen molar-refractivity contribution >= 4 is 28.9 Å². The van der Waals surface area contributed by atoms with Crippen LogP contribution >= 0.6 is 11.6 Å². The predicted molar refractivity (Wildman–Crippen MR) is 103 cm³/mol. The molecule has 3 aromatic rings. The van der Waals surface area contributed by atoms with Crippen molar-refractivity contribution < 1.29 is 13.2 Å². The van der Waals surface area contributed by atoms with Crippen LogP contribution in [0.15, 0.2) is 24.4 Å². The molecule has 0 radical (unpaired) electrons. The maximum atomic E-state index is 13.5. The summed E-state index contributed by atoms with van der Waals surface area (Å²) in [5, 5.41) is 7.25. The van der Waals surface area contributed by atoms with Crippen LogP contribution in [0.3, 0.4) is 0 Å². The van der Waals surface area contributed by atoms with E-state index in [-0.39, 0.29) is 16.7 Å². The van der Waals surface area contributed by atoms with Crippen molar-refractivity contribution in [2.24, 2.45) is 11.8 Å². The molecule has 1 aromatic carbocycles. The first-order chi connectivity index (χ1) is 13.8. The standard InChI is InChI=1S/C20H19ClF3N5/c1-10-26-18-14(17(11-2-3-11)12-4-5-12)9-25-29(18)19(27-10)28-16-7-6-13(21)8-15(16)20(22,23)24/h6-9,11-12,17H,2-5H2,1H3,(H,26,27,28). The Morgan fingerprint density at radius 3 is 2.45 bits per heavy atom. The van der Waals surface area contributed by atoms with Gasteiger partial charge in [0.05, 0.1) is 17.4 Å². The molecule has 152 valence electrons. The molecule has 2 heterocycles. The lowest BCUT2D eigenvalue weighted by Crippen LogP contribution is -2.12. The number of hydrogen-bond acceptors (Lipinski definition) is 4. The molecular weight excluding hydrogens is 403 g/mol. The van der Waals surface area contributed by atoms with Gasteiger partial charge in [0.15, 0.2) is 5.65 Å². The number of nitrogens with one attached hydrogen (secondary N) is 1. The lowest BCUT2D eigenvalue weighted by molar-refractivity contribution is -0.136. The average Bonchev–Trinajstić information content (AvgIpc) is 3.56. The quantitative estimate of drug-likeness (QED) is 0.569. The van der Waals surface area contributed by atoms with Gasteiger partial charge in [-0.15, -0.1) is 0 Å². The molecule has 0 atom stereocenters. The van der Waals surface area contributed by atoms with E-state index in [0.717, 1.165) is 11.6 Å². The Kier molecular flexibility index (Phi) is 4.24. The van der Waals surface area contributed by atoms with Crippen LogP contribution < -0.4 is 5.32 Å². The largest absolute Gasteiger partial charge is 0.418 e. The minimum absolute atomic E-state index is 0.0185. The number of benzene rings is 1. The van der Waals surface area contributed by atoms with Crippen molar-refractivity contribution in [3.8, 4) is 0 Å². The Balaban J connectivity index is 1.58. The zero-order chi connectivity index (χ0) is 20.3. The van der Waals surface area contributed by atoms with E-state index >= 15 is 0 Å². The van der Waals surface area contributed by atoms with Crippen LogP contribution in [0.25, 0.3) is 5.65 Å². The third-order valence-corrected chi connectivity index (χ3v) is 5.89. The van der Waals surface area contributed by atoms with Crippen molar-refractivity contribution in [2.45, 2.75) is 44.7 Å². The smallest absolute Gasteiger partial charge is 0.323 e. The Hall–Kier alpha value is -2.35. The lowest BCUT2D eigenvalue weighted by Gasteiger charge is -2.16. The third kappa shape index (κ3) is 3.54. The number of alkyl halides is 3. The highest BCUT2D eigenvalue weighted by Gasteiger charge is 2.44. The zero-order valence-corrected chi connectivity index (χ0v) is 16.4. The van der Waals surface area contributed by atoms with E-state index in [0.29, 0.717) is 29.2 Å². The van der Waals surface area contributed by atoms with Crippen LogP contribution in [0.2, 0.25) is 5.02 Å². The number of aryl methyl sites for hydroxylation is 1. The van der Waals surface area contributed by atoms with Gasteiger partial charge >= 0.3 is 6.18 Å². The summed E-state index contributed by atoms with van der Waals surface area (Å²) in [5.74, 6) is 2.44. The molecule has 0 spiro atoms. The summed E-state index contributed by atoms with van der Waals surface area (Å²) < 4.78 is 41.9. The number of aromatic nitrogens is 4. The topological polar surface area (TPSA) is 55.1 Å². The van der Waals surface area contributed by atoms with Crippen molar-refractivity contribution in [1.82, 2.24) is 19.6 Å². The molecule has 0 unspecified atom stereocenters. The van der Waals surface area contributed by atoms with Gasteiger partial charge in [-0.2, -0.15) is 27.8 Å². The van der Waals surface area contributed by atoms with Crippen molar-refractivity contribution in [1.29, 1.82) is 0 Å². The molecule has 0 bridgehead atoms. The summed E-state index contributed by atoms with van der Waals surface area (Å²) >= 11 is 5.78. The second-order valence-electron chi connectivity index (χ2n) is 7.94. The Morgan fingerprint density at radius 1 is 1.14 bits per heavy atom. The Morgan fingerprint density at radius 2 is 1.83 bits per heavy atom. The summed E-state index contributed by atoms with van der Waals surface area (Å²) in [6.45, 7) is 1.73. The molecule has 5 nitrogen and oxygen atoms in total. The molecule has 2 fully saturated rings. The first-order valence-electron chi connectivity index (χ1n) is 9.67. The summed E-state index contributed by atoms with van der Waals surface area (Å²) in [6.07, 6.45) is 2.12. The molecule has 0 aliphatic heterocycles. The number of halogens is 4. The van der Waals surface area contributed by atoms with Crippen molar-refractivity contribution in [3.63, 3.8) is 0 Å². The molecular formula is C20H19ClF3N5. The van der Waals surface area contributed by atoms with Gasteiger partial charge in [0, 0.05) is 10.6 Å². The van der Waals surface area contributed by atoms with Crippen LogP contribution in [0.1, 0.15) is 48.6 Å². The van der Waals surface area contributed by atoms with Gasteiger partial charge in [0.25, 0.3) is 0 Å². The minimum atomic E-state index is -4.55. The highest BCUT2D eigenvalue weighted by Crippen LogP contribution is 2.55. The molecule has 2 saturated carbocycles. The third-order valence-electron chi connectivity index (χ3n) is 5.66. The SMILES string of the molecule is Cc1nc(Nc2ccc(Cl)cc2C(F)(F)F)n2ncc(C(C3CC3)C3CC3)c2n1. The average molecular weight is 422 g/mol.